The van der Waals surface area contributed by atoms with Crippen molar-refractivity contribution in [2.45, 2.75) is 18.4 Å². The van der Waals surface area contributed by atoms with Gasteiger partial charge in [-0.05, 0) is 47.1 Å². The Bertz CT molecular complexity index is 1260. The second-order valence-electron chi connectivity index (χ2n) is 6.38. The second-order valence-corrected chi connectivity index (χ2v) is 9.11. The Balaban J connectivity index is 1.96. The molecule has 3 heterocycles. The van der Waals surface area contributed by atoms with Gasteiger partial charge in [-0.1, -0.05) is 23.8 Å². The Hall–Kier alpha value is -2.55. The fraction of sp³-hybridized carbons (Fsp3) is 0.100. The Morgan fingerprint density at radius 3 is 2.46 bits per heavy atom. The van der Waals surface area contributed by atoms with Crippen molar-refractivity contribution >= 4 is 37.0 Å². The summed E-state index contributed by atoms with van der Waals surface area (Å²) in [5, 5.41) is 9.89. The van der Waals surface area contributed by atoms with Crippen molar-refractivity contribution in [2.75, 3.05) is 0 Å². The Morgan fingerprint density at radius 2 is 1.82 bits per heavy atom. The van der Waals surface area contributed by atoms with Gasteiger partial charge in [-0.3, -0.25) is 4.98 Å². The van der Waals surface area contributed by atoms with Gasteiger partial charge in [-0.15, -0.1) is 0 Å². The summed E-state index contributed by atoms with van der Waals surface area (Å²) in [4.78, 5) is 8.74. The fourth-order valence-corrected chi connectivity index (χ4v) is 4.62. The summed E-state index contributed by atoms with van der Waals surface area (Å²) in [7, 11) is -3.82. The first-order chi connectivity index (χ1) is 13.4. The summed E-state index contributed by atoms with van der Waals surface area (Å²) in [6.45, 7) is 1.75. The Morgan fingerprint density at radius 1 is 1.07 bits per heavy atom. The zero-order valence-corrected chi connectivity index (χ0v) is 17.3. The molecule has 0 saturated heterocycles. The van der Waals surface area contributed by atoms with Gasteiger partial charge in [0.2, 0.25) is 0 Å². The number of benzene rings is 1. The molecule has 142 valence electrons. The van der Waals surface area contributed by atoms with Crippen LogP contribution in [0.5, 0.6) is 0 Å². The molecule has 1 N–H and O–H groups in total. The van der Waals surface area contributed by atoms with Gasteiger partial charge in [0.25, 0.3) is 10.0 Å². The van der Waals surface area contributed by atoms with Crippen LogP contribution in [0.25, 0.3) is 22.2 Å². The van der Waals surface area contributed by atoms with E-state index in [1.54, 1.807) is 55.0 Å². The van der Waals surface area contributed by atoms with Crippen LogP contribution in [0.1, 0.15) is 11.3 Å². The van der Waals surface area contributed by atoms with Gasteiger partial charge in [0, 0.05) is 39.6 Å². The maximum Gasteiger partial charge on any atom is 0.269 e. The lowest BCUT2D eigenvalue weighted by Gasteiger charge is -2.07. The highest BCUT2D eigenvalue weighted by Crippen LogP contribution is 2.33. The van der Waals surface area contributed by atoms with E-state index in [-0.39, 0.29) is 11.5 Å². The highest BCUT2D eigenvalue weighted by molar-refractivity contribution is 9.10. The third kappa shape index (κ3) is 3.23. The molecule has 0 atom stereocenters. The van der Waals surface area contributed by atoms with Crippen molar-refractivity contribution in [1.82, 2.24) is 13.9 Å². The van der Waals surface area contributed by atoms with Crippen molar-refractivity contribution in [3.63, 3.8) is 0 Å². The van der Waals surface area contributed by atoms with E-state index < -0.39 is 10.0 Å². The number of hydrogen-bond acceptors (Lipinski definition) is 5. The van der Waals surface area contributed by atoms with Gasteiger partial charge >= 0.3 is 0 Å². The molecule has 4 rings (SSSR count). The first-order valence-corrected chi connectivity index (χ1v) is 10.7. The van der Waals surface area contributed by atoms with Crippen molar-refractivity contribution in [3.05, 3.63) is 76.8 Å². The second kappa shape index (κ2) is 7.12. The van der Waals surface area contributed by atoms with Crippen LogP contribution in [0.4, 0.5) is 0 Å². The lowest BCUT2D eigenvalue weighted by atomic mass is 10.1. The normalized spacial score (nSPS) is 11.8. The van der Waals surface area contributed by atoms with Gasteiger partial charge in [0.05, 0.1) is 17.2 Å². The van der Waals surface area contributed by atoms with Crippen molar-refractivity contribution in [2.24, 2.45) is 0 Å². The van der Waals surface area contributed by atoms with Gasteiger partial charge in [-0.2, -0.15) is 0 Å². The first-order valence-electron chi connectivity index (χ1n) is 8.45. The fourth-order valence-electron chi connectivity index (χ4n) is 2.97. The minimum atomic E-state index is -3.82. The Labute approximate surface area is 170 Å². The molecule has 0 aliphatic rings. The largest absolute Gasteiger partial charge is 0.390 e. The number of rotatable bonds is 4. The summed E-state index contributed by atoms with van der Waals surface area (Å²) in [5.41, 5.74) is 3.29. The molecule has 0 bridgehead atoms. The number of aliphatic hydroxyl groups excluding tert-OH is 1. The number of aryl methyl sites for hydroxylation is 1. The summed E-state index contributed by atoms with van der Waals surface area (Å²) in [6.07, 6.45) is 4.75. The van der Waals surface area contributed by atoms with Gasteiger partial charge in [0.1, 0.15) is 0 Å². The molecule has 6 nitrogen and oxygen atoms in total. The average molecular weight is 458 g/mol. The Kier molecular flexibility index (Phi) is 4.78. The van der Waals surface area contributed by atoms with Gasteiger partial charge < -0.3 is 5.11 Å². The van der Waals surface area contributed by atoms with E-state index in [4.69, 9.17) is 0 Å². The van der Waals surface area contributed by atoms with E-state index >= 15 is 0 Å². The molecule has 0 fully saturated rings. The molecule has 0 aliphatic carbocycles. The summed E-state index contributed by atoms with van der Waals surface area (Å²) in [5.74, 6) is 0. The SMILES string of the molecule is Cc1ccc(S(=O)(=O)n2cc(-c3ccc(CO)nc3)c3cc(Br)cnc32)cc1. The lowest BCUT2D eigenvalue weighted by molar-refractivity contribution is 0.277. The number of fused-ring (bicyclic) bond motifs is 1. The minimum absolute atomic E-state index is 0.156. The number of pyridine rings is 2. The highest BCUT2D eigenvalue weighted by Gasteiger charge is 2.23. The predicted octanol–water partition coefficient (Wildman–Crippen LogP) is 3.90. The van der Waals surface area contributed by atoms with E-state index in [1.807, 2.05) is 13.0 Å². The quantitative estimate of drug-likeness (QED) is 0.502. The van der Waals surface area contributed by atoms with Crippen LogP contribution >= 0.6 is 15.9 Å². The van der Waals surface area contributed by atoms with Crippen LogP contribution < -0.4 is 0 Å². The van der Waals surface area contributed by atoms with Crippen LogP contribution in [-0.2, 0) is 16.6 Å². The molecule has 0 saturated carbocycles. The molecule has 0 spiro atoms. The first kappa shape index (κ1) is 18.8. The lowest BCUT2D eigenvalue weighted by Crippen LogP contribution is -2.12. The van der Waals surface area contributed by atoms with Crippen LogP contribution in [0.2, 0.25) is 0 Å². The van der Waals surface area contributed by atoms with E-state index in [0.717, 1.165) is 15.6 Å². The molecular formula is C20H16BrN3O3S. The molecule has 0 unspecified atom stereocenters. The molecule has 4 aromatic rings. The van der Waals surface area contributed by atoms with E-state index in [0.29, 0.717) is 22.3 Å². The zero-order valence-electron chi connectivity index (χ0n) is 14.9. The van der Waals surface area contributed by atoms with Crippen LogP contribution in [-0.4, -0.2) is 27.5 Å². The number of nitrogens with zero attached hydrogens (tertiary/aromatic N) is 3. The number of aromatic nitrogens is 3. The average Bonchev–Trinajstić information content (AvgIpc) is 3.08. The maximum absolute atomic E-state index is 13.3. The summed E-state index contributed by atoms with van der Waals surface area (Å²) in [6, 6.07) is 12.1. The summed E-state index contributed by atoms with van der Waals surface area (Å²) < 4.78 is 28.4. The number of aliphatic hydroxyl groups is 1. The molecule has 1 aromatic carbocycles. The van der Waals surface area contributed by atoms with E-state index in [2.05, 4.69) is 25.9 Å². The van der Waals surface area contributed by atoms with Crippen molar-refractivity contribution in [3.8, 4) is 11.1 Å². The molecule has 0 aliphatic heterocycles. The van der Waals surface area contributed by atoms with E-state index in [9.17, 15) is 13.5 Å². The van der Waals surface area contributed by atoms with Crippen molar-refractivity contribution < 1.29 is 13.5 Å². The molecule has 8 heteroatoms. The maximum atomic E-state index is 13.3. The smallest absolute Gasteiger partial charge is 0.269 e. The van der Waals surface area contributed by atoms with Crippen LogP contribution in [0.15, 0.2) is 70.4 Å². The van der Waals surface area contributed by atoms with Gasteiger partial charge in [-0.25, -0.2) is 17.4 Å². The van der Waals surface area contributed by atoms with E-state index in [1.165, 1.54) is 3.97 Å². The van der Waals surface area contributed by atoms with Gasteiger partial charge in [0.15, 0.2) is 5.65 Å². The van der Waals surface area contributed by atoms with Crippen LogP contribution in [0, 0.1) is 6.92 Å². The predicted molar refractivity (Wildman–Crippen MR) is 110 cm³/mol. The standard InChI is InChI=1S/C20H16BrN3O3S/c1-13-2-6-17(7-3-13)28(26,27)24-11-19(14-4-5-16(12-25)22-9-14)18-8-15(21)10-23-20(18)24/h2-11,25H,12H2,1H3. The zero-order chi connectivity index (χ0) is 19.9. The monoisotopic (exact) mass is 457 g/mol. The van der Waals surface area contributed by atoms with Crippen molar-refractivity contribution in [1.29, 1.82) is 0 Å². The molecule has 0 radical (unpaired) electrons. The number of hydrogen-bond donors (Lipinski definition) is 1. The highest BCUT2D eigenvalue weighted by atomic mass is 79.9. The molecular weight excluding hydrogens is 442 g/mol. The molecule has 3 aromatic heterocycles. The summed E-state index contributed by atoms with van der Waals surface area (Å²) >= 11 is 3.40. The minimum Gasteiger partial charge on any atom is -0.390 e. The molecule has 0 amide bonds. The molecule has 28 heavy (non-hydrogen) atoms. The topological polar surface area (TPSA) is 85.1 Å². The third-order valence-corrected chi connectivity index (χ3v) is 6.55. The number of halogens is 1. The third-order valence-electron chi connectivity index (χ3n) is 4.45. The van der Waals surface area contributed by atoms with Crippen LogP contribution in [0.3, 0.4) is 0 Å².